The first-order chi connectivity index (χ1) is 9.01. The molecule has 104 valence electrons. The highest BCUT2D eigenvalue weighted by molar-refractivity contribution is 6.30. The van der Waals surface area contributed by atoms with Gasteiger partial charge in [0.25, 0.3) is 5.91 Å². The monoisotopic (exact) mass is 283 g/mol. The topological polar surface area (TPSA) is 58.6 Å². The van der Waals surface area contributed by atoms with E-state index in [4.69, 9.17) is 16.3 Å². The molecule has 0 radical (unpaired) electrons. The fourth-order valence-electron chi connectivity index (χ4n) is 2.06. The van der Waals surface area contributed by atoms with Gasteiger partial charge in [0.1, 0.15) is 5.75 Å². The Hall–Kier alpha value is -1.26. The minimum absolute atomic E-state index is 0.0745. The predicted octanol–water partition coefficient (Wildman–Crippen LogP) is 1.78. The number of amides is 1. The molecular weight excluding hydrogens is 266 g/mol. The van der Waals surface area contributed by atoms with Gasteiger partial charge >= 0.3 is 0 Å². The highest BCUT2D eigenvalue weighted by Gasteiger charge is 2.30. The molecule has 2 unspecified atom stereocenters. The first-order valence-electron chi connectivity index (χ1n) is 6.37. The second-order valence-corrected chi connectivity index (χ2v) is 5.54. The number of aliphatic hydroxyl groups is 1. The molecule has 0 aliphatic carbocycles. The van der Waals surface area contributed by atoms with Crippen LogP contribution in [0.1, 0.15) is 19.4 Å². The molecule has 0 bridgehead atoms. The van der Waals surface area contributed by atoms with Crippen LogP contribution in [0, 0.1) is 5.92 Å². The Morgan fingerprint density at radius 2 is 2.32 bits per heavy atom. The Balaban J connectivity index is 2.00. The number of carbonyl (C=O) groups excluding carboxylic acids is 1. The van der Waals surface area contributed by atoms with Crippen LogP contribution in [-0.4, -0.2) is 29.8 Å². The lowest BCUT2D eigenvalue weighted by molar-refractivity contribution is -0.128. The third-order valence-electron chi connectivity index (χ3n) is 3.32. The maximum Gasteiger partial charge on any atom is 0.261 e. The Labute approximate surface area is 117 Å². The van der Waals surface area contributed by atoms with E-state index in [1.165, 1.54) is 0 Å². The zero-order valence-corrected chi connectivity index (χ0v) is 11.8. The summed E-state index contributed by atoms with van der Waals surface area (Å²) in [6.07, 6.45) is -0.0286. The van der Waals surface area contributed by atoms with Crippen LogP contribution in [0.2, 0.25) is 5.02 Å². The second kappa shape index (κ2) is 5.80. The summed E-state index contributed by atoms with van der Waals surface area (Å²) in [6.45, 7) is 3.82. The predicted molar refractivity (Wildman–Crippen MR) is 73.4 cm³/mol. The number of fused-ring (bicyclic) bond motifs is 1. The first kappa shape index (κ1) is 14.2. The average Bonchev–Trinajstić information content (AvgIpc) is 2.78. The summed E-state index contributed by atoms with van der Waals surface area (Å²) in [6, 6.07) is 5.08. The third kappa shape index (κ3) is 3.19. The lowest BCUT2D eigenvalue weighted by Gasteiger charge is -2.21. The fourth-order valence-corrected chi connectivity index (χ4v) is 2.26. The van der Waals surface area contributed by atoms with Crippen molar-refractivity contribution >= 4 is 17.5 Å². The fraction of sp³-hybridized carbons (Fsp3) is 0.500. The highest BCUT2D eigenvalue weighted by Crippen LogP contribution is 2.31. The lowest BCUT2D eigenvalue weighted by Crippen LogP contribution is -2.47. The van der Waals surface area contributed by atoms with Gasteiger partial charge in [-0.15, -0.1) is 0 Å². The Bertz CT molecular complexity index is 476. The molecule has 0 aromatic heterocycles. The summed E-state index contributed by atoms with van der Waals surface area (Å²) in [4.78, 5) is 12.1. The van der Waals surface area contributed by atoms with Crippen LogP contribution in [0.25, 0.3) is 0 Å². The number of benzene rings is 1. The van der Waals surface area contributed by atoms with E-state index in [-0.39, 0.29) is 24.5 Å². The number of ether oxygens (including phenoxy) is 1. The molecule has 2 N–H and O–H groups in total. The van der Waals surface area contributed by atoms with Gasteiger partial charge in [-0.1, -0.05) is 25.4 Å². The van der Waals surface area contributed by atoms with Crippen molar-refractivity contribution in [2.75, 3.05) is 6.61 Å². The van der Waals surface area contributed by atoms with Crippen LogP contribution in [0.3, 0.4) is 0 Å². The SMILES string of the molecule is CC(C)C(CO)NC(=O)C1Cc2cc(Cl)ccc2O1. The molecule has 0 spiro atoms. The van der Waals surface area contributed by atoms with E-state index in [1.807, 2.05) is 19.9 Å². The Morgan fingerprint density at radius 3 is 2.95 bits per heavy atom. The summed E-state index contributed by atoms with van der Waals surface area (Å²) >= 11 is 5.91. The normalized spacial score (nSPS) is 18.9. The van der Waals surface area contributed by atoms with E-state index in [0.717, 1.165) is 5.56 Å². The molecule has 19 heavy (non-hydrogen) atoms. The first-order valence-corrected chi connectivity index (χ1v) is 6.75. The summed E-state index contributed by atoms with van der Waals surface area (Å²) in [7, 11) is 0. The zero-order chi connectivity index (χ0) is 14.0. The molecule has 1 aromatic carbocycles. The van der Waals surface area contributed by atoms with Crippen molar-refractivity contribution in [3.05, 3.63) is 28.8 Å². The molecule has 1 aliphatic heterocycles. The zero-order valence-electron chi connectivity index (χ0n) is 11.0. The van der Waals surface area contributed by atoms with E-state index >= 15 is 0 Å². The van der Waals surface area contributed by atoms with Gasteiger partial charge in [-0.05, 0) is 29.7 Å². The molecule has 0 saturated heterocycles. The molecule has 4 nitrogen and oxygen atoms in total. The van der Waals surface area contributed by atoms with Crippen molar-refractivity contribution in [2.45, 2.75) is 32.4 Å². The maximum absolute atomic E-state index is 12.1. The maximum atomic E-state index is 12.1. The van der Waals surface area contributed by atoms with Crippen LogP contribution in [0.5, 0.6) is 5.75 Å². The van der Waals surface area contributed by atoms with Gasteiger partial charge in [-0.3, -0.25) is 4.79 Å². The average molecular weight is 284 g/mol. The Morgan fingerprint density at radius 1 is 1.58 bits per heavy atom. The highest BCUT2D eigenvalue weighted by atomic mass is 35.5. The molecule has 1 heterocycles. The molecular formula is C14H18ClNO3. The van der Waals surface area contributed by atoms with Gasteiger partial charge in [0, 0.05) is 11.4 Å². The van der Waals surface area contributed by atoms with Crippen molar-refractivity contribution in [1.82, 2.24) is 5.32 Å². The molecule has 5 heteroatoms. The van der Waals surface area contributed by atoms with Gasteiger partial charge in [0.2, 0.25) is 0 Å². The van der Waals surface area contributed by atoms with Crippen LogP contribution >= 0.6 is 11.6 Å². The minimum Gasteiger partial charge on any atom is -0.480 e. The third-order valence-corrected chi connectivity index (χ3v) is 3.55. The molecule has 2 atom stereocenters. The van der Waals surface area contributed by atoms with Crippen molar-refractivity contribution < 1.29 is 14.6 Å². The van der Waals surface area contributed by atoms with Crippen molar-refractivity contribution in [2.24, 2.45) is 5.92 Å². The minimum atomic E-state index is -0.540. The van der Waals surface area contributed by atoms with E-state index in [0.29, 0.717) is 17.2 Å². The largest absolute Gasteiger partial charge is 0.480 e. The molecule has 0 fully saturated rings. The smallest absolute Gasteiger partial charge is 0.261 e. The van der Waals surface area contributed by atoms with Crippen LogP contribution in [0.15, 0.2) is 18.2 Å². The molecule has 0 saturated carbocycles. The lowest BCUT2D eigenvalue weighted by atomic mass is 10.0. The number of rotatable bonds is 4. The van der Waals surface area contributed by atoms with E-state index < -0.39 is 6.10 Å². The van der Waals surface area contributed by atoms with Crippen molar-refractivity contribution in [3.8, 4) is 5.75 Å². The van der Waals surface area contributed by atoms with Crippen LogP contribution in [0.4, 0.5) is 0 Å². The number of carbonyl (C=O) groups is 1. The van der Waals surface area contributed by atoms with Gasteiger partial charge in [0.15, 0.2) is 6.10 Å². The van der Waals surface area contributed by atoms with Gasteiger partial charge in [-0.2, -0.15) is 0 Å². The number of halogens is 1. The summed E-state index contributed by atoms with van der Waals surface area (Å²) < 4.78 is 5.60. The van der Waals surface area contributed by atoms with E-state index in [2.05, 4.69) is 5.32 Å². The summed E-state index contributed by atoms with van der Waals surface area (Å²) in [5, 5.41) is 12.7. The van der Waals surface area contributed by atoms with Gasteiger partial charge in [-0.25, -0.2) is 0 Å². The number of hydrogen-bond acceptors (Lipinski definition) is 3. The molecule has 1 aromatic rings. The van der Waals surface area contributed by atoms with Crippen LogP contribution < -0.4 is 10.1 Å². The number of aliphatic hydroxyl groups excluding tert-OH is 1. The second-order valence-electron chi connectivity index (χ2n) is 5.10. The molecule has 2 rings (SSSR count). The molecule has 1 amide bonds. The van der Waals surface area contributed by atoms with Gasteiger partial charge in [0.05, 0.1) is 12.6 Å². The van der Waals surface area contributed by atoms with Crippen LogP contribution in [-0.2, 0) is 11.2 Å². The quantitative estimate of drug-likeness (QED) is 0.885. The Kier molecular flexibility index (Phi) is 4.32. The number of nitrogens with one attached hydrogen (secondary N) is 1. The summed E-state index contributed by atoms with van der Waals surface area (Å²) in [5.74, 6) is 0.682. The van der Waals surface area contributed by atoms with E-state index in [1.54, 1.807) is 12.1 Å². The van der Waals surface area contributed by atoms with Crippen molar-refractivity contribution in [1.29, 1.82) is 0 Å². The summed E-state index contributed by atoms with van der Waals surface area (Å²) in [5.41, 5.74) is 0.942. The standard InChI is InChI=1S/C14H18ClNO3/c1-8(2)11(7-17)16-14(18)13-6-9-5-10(15)3-4-12(9)19-13/h3-5,8,11,13,17H,6-7H2,1-2H3,(H,16,18). The number of hydrogen-bond donors (Lipinski definition) is 2. The van der Waals surface area contributed by atoms with Gasteiger partial charge < -0.3 is 15.2 Å². The van der Waals surface area contributed by atoms with Crippen molar-refractivity contribution in [3.63, 3.8) is 0 Å². The molecule has 1 aliphatic rings. The van der Waals surface area contributed by atoms with E-state index in [9.17, 15) is 9.90 Å².